The summed E-state index contributed by atoms with van der Waals surface area (Å²) in [6, 6.07) is 7.56. The van der Waals surface area contributed by atoms with Gasteiger partial charge in [-0.3, -0.25) is 4.79 Å². The van der Waals surface area contributed by atoms with Gasteiger partial charge in [-0.05, 0) is 43.5 Å². The predicted octanol–water partition coefficient (Wildman–Crippen LogP) is 1.17. The smallest absolute Gasteiger partial charge is 0.227 e. The first kappa shape index (κ1) is 14.3. The predicted molar refractivity (Wildman–Crippen MR) is 76.6 cm³/mol. The van der Waals surface area contributed by atoms with Gasteiger partial charge in [0.05, 0.1) is 17.3 Å². The van der Waals surface area contributed by atoms with Gasteiger partial charge >= 0.3 is 0 Å². The van der Waals surface area contributed by atoms with Crippen molar-refractivity contribution >= 4 is 5.91 Å². The Balaban J connectivity index is 2.25. The topological polar surface area (TPSA) is 81.1 Å². The average Bonchev–Trinajstić information content (AvgIpc) is 2.88. The summed E-state index contributed by atoms with van der Waals surface area (Å²) in [5.41, 5.74) is 7.47. The molecule has 2 aromatic rings. The third kappa shape index (κ3) is 2.72. The van der Waals surface area contributed by atoms with Gasteiger partial charge in [0.1, 0.15) is 0 Å². The maximum atomic E-state index is 11.4. The highest BCUT2D eigenvalue weighted by Gasteiger charge is 2.26. The van der Waals surface area contributed by atoms with Crippen molar-refractivity contribution in [2.75, 3.05) is 6.61 Å². The average molecular weight is 273 g/mol. The summed E-state index contributed by atoms with van der Waals surface area (Å²) in [6.45, 7) is 3.71. The number of aliphatic hydroxyl groups is 1. The van der Waals surface area contributed by atoms with Crippen molar-refractivity contribution < 1.29 is 9.90 Å². The lowest BCUT2D eigenvalue weighted by atomic mass is 9.84. The van der Waals surface area contributed by atoms with E-state index in [2.05, 4.69) is 5.10 Å². The number of hydrogen-bond donors (Lipinski definition) is 2. The van der Waals surface area contributed by atoms with Gasteiger partial charge in [-0.15, -0.1) is 0 Å². The van der Waals surface area contributed by atoms with Gasteiger partial charge in [-0.2, -0.15) is 5.10 Å². The molecule has 5 nitrogen and oxygen atoms in total. The SMILES string of the molecule is CC(C)(C(N)=O)c1ccc(-n2cc(CCO)cn2)cc1. The molecule has 0 radical (unpaired) electrons. The van der Waals surface area contributed by atoms with Crippen molar-refractivity contribution in [2.24, 2.45) is 5.73 Å². The molecule has 0 unspecified atom stereocenters. The number of primary amides is 1. The largest absolute Gasteiger partial charge is 0.396 e. The third-order valence-electron chi connectivity index (χ3n) is 3.51. The molecule has 0 atom stereocenters. The zero-order valence-electron chi connectivity index (χ0n) is 11.7. The normalized spacial score (nSPS) is 11.6. The van der Waals surface area contributed by atoms with Gasteiger partial charge < -0.3 is 10.8 Å². The fourth-order valence-electron chi connectivity index (χ4n) is 1.93. The molecule has 0 aliphatic carbocycles. The molecule has 3 N–H and O–H groups in total. The summed E-state index contributed by atoms with van der Waals surface area (Å²) < 4.78 is 1.74. The second-order valence-electron chi connectivity index (χ2n) is 5.30. The minimum Gasteiger partial charge on any atom is -0.396 e. The van der Waals surface area contributed by atoms with E-state index >= 15 is 0 Å². The Morgan fingerprint density at radius 3 is 2.55 bits per heavy atom. The number of hydrogen-bond acceptors (Lipinski definition) is 3. The monoisotopic (exact) mass is 273 g/mol. The number of benzene rings is 1. The lowest BCUT2D eigenvalue weighted by molar-refractivity contribution is -0.122. The molecular formula is C15H19N3O2. The van der Waals surface area contributed by atoms with E-state index in [0.29, 0.717) is 6.42 Å². The number of carbonyl (C=O) groups is 1. The van der Waals surface area contributed by atoms with E-state index in [1.54, 1.807) is 24.7 Å². The van der Waals surface area contributed by atoms with Crippen LogP contribution in [0.15, 0.2) is 36.7 Å². The van der Waals surface area contributed by atoms with Crippen LogP contribution in [0, 0.1) is 0 Å². The molecule has 1 aromatic carbocycles. The van der Waals surface area contributed by atoms with Crippen LogP contribution in [-0.2, 0) is 16.6 Å². The number of aliphatic hydroxyl groups excluding tert-OH is 1. The zero-order chi connectivity index (χ0) is 14.8. The van der Waals surface area contributed by atoms with Crippen molar-refractivity contribution in [3.8, 4) is 5.69 Å². The Labute approximate surface area is 118 Å². The molecule has 20 heavy (non-hydrogen) atoms. The first-order chi connectivity index (χ1) is 9.45. The van der Waals surface area contributed by atoms with Crippen molar-refractivity contribution in [3.05, 3.63) is 47.8 Å². The van der Waals surface area contributed by atoms with Gasteiger partial charge in [-0.1, -0.05) is 12.1 Å². The standard InChI is InChI=1S/C15H19N3O2/c1-15(2,14(16)20)12-3-5-13(6-4-12)18-10-11(7-8-19)9-17-18/h3-6,9-10,19H,7-8H2,1-2H3,(H2,16,20). The summed E-state index contributed by atoms with van der Waals surface area (Å²) in [7, 11) is 0. The Morgan fingerprint density at radius 2 is 2.00 bits per heavy atom. The van der Waals surface area contributed by atoms with Gasteiger partial charge in [0.2, 0.25) is 5.91 Å². The highest BCUT2D eigenvalue weighted by Crippen LogP contribution is 2.23. The molecule has 0 aliphatic rings. The molecule has 1 heterocycles. The highest BCUT2D eigenvalue weighted by atomic mass is 16.3. The first-order valence-corrected chi connectivity index (χ1v) is 6.50. The van der Waals surface area contributed by atoms with Crippen molar-refractivity contribution in [1.82, 2.24) is 9.78 Å². The molecule has 2 rings (SSSR count). The lowest BCUT2D eigenvalue weighted by Crippen LogP contribution is -2.35. The van der Waals surface area contributed by atoms with Crippen LogP contribution in [-0.4, -0.2) is 27.4 Å². The molecular weight excluding hydrogens is 254 g/mol. The molecule has 1 aromatic heterocycles. The van der Waals surface area contributed by atoms with E-state index in [9.17, 15) is 4.79 Å². The van der Waals surface area contributed by atoms with Crippen LogP contribution in [0.3, 0.4) is 0 Å². The Kier molecular flexibility index (Phi) is 3.90. The van der Waals surface area contributed by atoms with Crippen LogP contribution in [0.2, 0.25) is 0 Å². The molecule has 0 bridgehead atoms. The quantitative estimate of drug-likeness (QED) is 0.858. The van der Waals surface area contributed by atoms with E-state index < -0.39 is 5.41 Å². The maximum absolute atomic E-state index is 11.4. The van der Waals surface area contributed by atoms with E-state index in [0.717, 1.165) is 16.8 Å². The van der Waals surface area contributed by atoms with Gasteiger partial charge in [-0.25, -0.2) is 4.68 Å². The Morgan fingerprint density at radius 1 is 1.35 bits per heavy atom. The fourth-order valence-corrected chi connectivity index (χ4v) is 1.93. The molecule has 0 fully saturated rings. The van der Waals surface area contributed by atoms with Crippen LogP contribution in [0.4, 0.5) is 0 Å². The van der Waals surface area contributed by atoms with Gasteiger partial charge in [0, 0.05) is 12.8 Å². The zero-order valence-corrected chi connectivity index (χ0v) is 11.7. The number of amides is 1. The first-order valence-electron chi connectivity index (χ1n) is 6.50. The second kappa shape index (κ2) is 5.46. The summed E-state index contributed by atoms with van der Waals surface area (Å²) in [5.74, 6) is -0.352. The van der Waals surface area contributed by atoms with Crippen molar-refractivity contribution in [3.63, 3.8) is 0 Å². The molecule has 0 aliphatic heterocycles. The van der Waals surface area contributed by atoms with E-state index in [-0.39, 0.29) is 12.5 Å². The number of nitrogens with two attached hydrogens (primary N) is 1. The van der Waals surface area contributed by atoms with Gasteiger partial charge in [0.25, 0.3) is 0 Å². The molecule has 0 saturated heterocycles. The number of nitrogens with zero attached hydrogens (tertiary/aromatic N) is 2. The number of aromatic nitrogens is 2. The lowest BCUT2D eigenvalue weighted by Gasteiger charge is -2.21. The van der Waals surface area contributed by atoms with Gasteiger partial charge in [0.15, 0.2) is 0 Å². The van der Waals surface area contributed by atoms with Crippen LogP contribution < -0.4 is 5.73 Å². The van der Waals surface area contributed by atoms with E-state index in [1.165, 1.54) is 0 Å². The molecule has 106 valence electrons. The van der Waals surface area contributed by atoms with Crippen molar-refractivity contribution in [1.29, 1.82) is 0 Å². The summed E-state index contributed by atoms with van der Waals surface area (Å²) in [6.07, 6.45) is 4.20. The highest BCUT2D eigenvalue weighted by molar-refractivity contribution is 5.85. The van der Waals surface area contributed by atoms with Crippen molar-refractivity contribution in [2.45, 2.75) is 25.7 Å². The maximum Gasteiger partial charge on any atom is 0.227 e. The Hall–Kier alpha value is -2.14. The molecule has 0 saturated carbocycles. The van der Waals surface area contributed by atoms with Crippen LogP contribution >= 0.6 is 0 Å². The summed E-state index contributed by atoms with van der Waals surface area (Å²) in [4.78, 5) is 11.4. The third-order valence-corrected chi connectivity index (χ3v) is 3.51. The summed E-state index contributed by atoms with van der Waals surface area (Å²) >= 11 is 0. The second-order valence-corrected chi connectivity index (χ2v) is 5.30. The number of carbonyl (C=O) groups excluding carboxylic acids is 1. The van der Waals surface area contributed by atoms with E-state index in [1.807, 2.05) is 30.5 Å². The summed E-state index contributed by atoms with van der Waals surface area (Å²) in [5, 5.41) is 13.1. The number of rotatable bonds is 5. The fraction of sp³-hybridized carbons (Fsp3) is 0.333. The molecule has 5 heteroatoms. The van der Waals surface area contributed by atoms with Crippen LogP contribution in [0.1, 0.15) is 25.0 Å². The molecule has 0 spiro atoms. The van der Waals surface area contributed by atoms with Crippen LogP contribution in [0.5, 0.6) is 0 Å². The Bertz CT molecular complexity index is 600. The van der Waals surface area contributed by atoms with Crippen LogP contribution in [0.25, 0.3) is 5.69 Å². The minimum atomic E-state index is -0.690. The minimum absolute atomic E-state index is 0.109. The van der Waals surface area contributed by atoms with E-state index in [4.69, 9.17) is 10.8 Å². The molecule has 1 amide bonds.